The third-order valence-electron chi connectivity index (χ3n) is 4.27. The van der Waals surface area contributed by atoms with E-state index in [1.54, 1.807) is 0 Å². The largest absolute Gasteiger partial charge is 0.478 e. The molecule has 1 aliphatic rings. The zero-order valence-electron chi connectivity index (χ0n) is 13.8. The van der Waals surface area contributed by atoms with Gasteiger partial charge in [-0.1, -0.05) is 26.2 Å². The molecule has 1 fully saturated rings. The molecular formula is C17H23N3O4. The normalized spacial score (nSPS) is 16.2. The van der Waals surface area contributed by atoms with Crippen LogP contribution in [0.1, 0.15) is 66.3 Å². The van der Waals surface area contributed by atoms with Crippen LogP contribution in [0.15, 0.2) is 18.3 Å². The van der Waals surface area contributed by atoms with E-state index in [0.29, 0.717) is 19.4 Å². The summed E-state index contributed by atoms with van der Waals surface area (Å²) in [7, 11) is 0. The van der Waals surface area contributed by atoms with E-state index in [1.165, 1.54) is 18.3 Å². The molecule has 0 bridgehead atoms. The quantitative estimate of drug-likeness (QED) is 0.735. The van der Waals surface area contributed by atoms with Crippen molar-refractivity contribution in [3.05, 3.63) is 29.6 Å². The average molecular weight is 333 g/mol. The number of carboxylic acid groups (broad SMARTS) is 1. The van der Waals surface area contributed by atoms with Gasteiger partial charge >= 0.3 is 5.97 Å². The van der Waals surface area contributed by atoms with Gasteiger partial charge in [-0.3, -0.25) is 14.6 Å². The highest BCUT2D eigenvalue weighted by Crippen LogP contribution is 2.29. The van der Waals surface area contributed by atoms with Crippen molar-refractivity contribution in [2.75, 3.05) is 6.54 Å². The molecule has 0 aliphatic heterocycles. The molecule has 3 N–H and O–H groups in total. The first-order valence-corrected chi connectivity index (χ1v) is 8.28. The number of nitrogens with one attached hydrogen (secondary N) is 2. The van der Waals surface area contributed by atoms with Crippen LogP contribution in [0.2, 0.25) is 0 Å². The van der Waals surface area contributed by atoms with E-state index in [9.17, 15) is 14.4 Å². The Labute approximate surface area is 140 Å². The number of carboxylic acids is 1. The molecule has 1 heterocycles. The molecular weight excluding hydrogens is 310 g/mol. The molecule has 7 heteroatoms. The van der Waals surface area contributed by atoms with Crippen LogP contribution in [-0.4, -0.2) is 40.0 Å². The van der Waals surface area contributed by atoms with E-state index in [4.69, 9.17) is 5.11 Å². The molecule has 0 unspecified atom stereocenters. The number of hydrogen-bond acceptors (Lipinski definition) is 4. The zero-order chi connectivity index (χ0) is 17.6. The van der Waals surface area contributed by atoms with Crippen molar-refractivity contribution in [1.82, 2.24) is 15.6 Å². The summed E-state index contributed by atoms with van der Waals surface area (Å²) >= 11 is 0. The van der Waals surface area contributed by atoms with E-state index < -0.39 is 17.4 Å². The van der Waals surface area contributed by atoms with Gasteiger partial charge < -0.3 is 15.7 Å². The Morgan fingerprint density at radius 1 is 1.25 bits per heavy atom. The van der Waals surface area contributed by atoms with Crippen molar-refractivity contribution in [3.63, 3.8) is 0 Å². The molecule has 24 heavy (non-hydrogen) atoms. The summed E-state index contributed by atoms with van der Waals surface area (Å²) in [6.45, 7) is 2.52. The number of carbonyl (C=O) groups excluding carboxylic acids is 2. The fourth-order valence-electron chi connectivity index (χ4n) is 2.94. The van der Waals surface area contributed by atoms with Crippen molar-refractivity contribution < 1.29 is 19.5 Å². The summed E-state index contributed by atoms with van der Waals surface area (Å²) in [4.78, 5) is 40.1. The molecule has 1 aromatic heterocycles. The number of nitrogens with zero attached hydrogens (tertiary/aromatic N) is 1. The fraction of sp³-hybridized carbons (Fsp3) is 0.529. The number of aromatic carboxylic acids is 1. The maximum Gasteiger partial charge on any atom is 0.335 e. The minimum absolute atomic E-state index is 0.00291. The van der Waals surface area contributed by atoms with E-state index >= 15 is 0 Å². The van der Waals surface area contributed by atoms with Gasteiger partial charge in [-0.2, -0.15) is 0 Å². The second-order valence-corrected chi connectivity index (χ2v) is 6.09. The minimum atomic E-state index is -1.13. The van der Waals surface area contributed by atoms with Crippen molar-refractivity contribution in [2.45, 2.75) is 51.0 Å². The number of aromatic nitrogens is 1. The Morgan fingerprint density at radius 2 is 1.96 bits per heavy atom. The SMILES string of the molecule is CCCNC(=O)C1(NC(=O)c2cc(C(=O)O)ccn2)CCCCC1. The third kappa shape index (κ3) is 4.10. The maximum absolute atomic E-state index is 12.6. The number of pyridine rings is 1. The standard InChI is InChI=1S/C17H23N3O4/c1-2-9-19-16(24)17(7-4-3-5-8-17)20-14(21)13-11-12(15(22)23)6-10-18-13/h6,10-11H,2-5,7-9H2,1H3,(H,19,24)(H,20,21)(H,22,23). The summed E-state index contributed by atoms with van der Waals surface area (Å²) in [5.41, 5.74) is -0.947. The van der Waals surface area contributed by atoms with E-state index in [-0.39, 0.29) is 17.2 Å². The predicted molar refractivity (Wildman–Crippen MR) is 87.8 cm³/mol. The van der Waals surface area contributed by atoms with Crippen molar-refractivity contribution in [2.24, 2.45) is 0 Å². The Hall–Kier alpha value is -2.44. The van der Waals surface area contributed by atoms with Crippen LogP contribution in [0, 0.1) is 0 Å². The second kappa shape index (κ2) is 7.90. The number of hydrogen-bond donors (Lipinski definition) is 3. The van der Waals surface area contributed by atoms with Crippen LogP contribution >= 0.6 is 0 Å². The second-order valence-electron chi connectivity index (χ2n) is 6.09. The molecule has 130 valence electrons. The van der Waals surface area contributed by atoms with Crippen LogP contribution in [0.5, 0.6) is 0 Å². The highest BCUT2D eigenvalue weighted by atomic mass is 16.4. The van der Waals surface area contributed by atoms with Gasteiger partial charge in [-0.25, -0.2) is 4.79 Å². The Bertz CT molecular complexity index is 624. The molecule has 0 aromatic carbocycles. The van der Waals surface area contributed by atoms with Gasteiger partial charge in [0.2, 0.25) is 5.91 Å². The Morgan fingerprint density at radius 3 is 2.58 bits per heavy atom. The van der Waals surface area contributed by atoms with Crippen molar-refractivity contribution >= 4 is 17.8 Å². The van der Waals surface area contributed by atoms with Gasteiger partial charge in [0.1, 0.15) is 11.2 Å². The first kappa shape index (κ1) is 17.9. The van der Waals surface area contributed by atoms with Crippen LogP contribution < -0.4 is 10.6 Å². The van der Waals surface area contributed by atoms with Gasteiger partial charge in [0.25, 0.3) is 5.91 Å². The summed E-state index contributed by atoms with van der Waals surface area (Å²) in [5, 5.41) is 14.7. The van der Waals surface area contributed by atoms with Gasteiger partial charge in [0, 0.05) is 12.7 Å². The monoisotopic (exact) mass is 333 g/mol. The van der Waals surface area contributed by atoms with Crippen molar-refractivity contribution in [1.29, 1.82) is 0 Å². The first-order valence-electron chi connectivity index (χ1n) is 8.28. The molecule has 1 saturated carbocycles. The molecule has 0 atom stereocenters. The number of carbonyl (C=O) groups is 3. The molecule has 0 spiro atoms. The smallest absolute Gasteiger partial charge is 0.335 e. The first-order chi connectivity index (χ1) is 11.5. The van der Waals surface area contributed by atoms with Gasteiger partial charge in [-0.15, -0.1) is 0 Å². The number of amides is 2. The third-order valence-corrected chi connectivity index (χ3v) is 4.27. The summed E-state index contributed by atoms with van der Waals surface area (Å²) < 4.78 is 0. The zero-order valence-corrected chi connectivity index (χ0v) is 13.8. The molecule has 2 rings (SSSR count). The lowest BCUT2D eigenvalue weighted by atomic mass is 9.80. The van der Waals surface area contributed by atoms with Gasteiger partial charge in [0.05, 0.1) is 5.56 Å². The number of rotatable bonds is 6. The fourth-order valence-corrected chi connectivity index (χ4v) is 2.94. The van der Waals surface area contributed by atoms with E-state index in [0.717, 1.165) is 25.7 Å². The summed E-state index contributed by atoms with van der Waals surface area (Å²) in [6.07, 6.45) is 6.01. The molecule has 7 nitrogen and oxygen atoms in total. The van der Waals surface area contributed by atoms with Gasteiger partial charge in [-0.05, 0) is 31.4 Å². The molecule has 2 amide bonds. The average Bonchev–Trinajstić information content (AvgIpc) is 2.60. The summed E-state index contributed by atoms with van der Waals surface area (Å²) in [5.74, 6) is -1.82. The van der Waals surface area contributed by atoms with Crippen LogP contribution in [0.4, 0.5) is 0 Å². The van der Waals surface area contributed by atoms with E-state index in [2.05, 4.69) is 15.6 Å². The lowest BCUT2D eigenvalue weighted by molar-refractivity contribution is -0.128. The van der Waals surface area contributed by atoms with Crippen LogP contribution in [-0.2, 0) is 4.79 Å². The molecule has 0 radical (unpaired) electrons. The lowest BCUT2D eigenvalue weighted by Crippen LogP contribution is -2.59. The van der Waals surface area contributed by atoms with Crippen LogP contribution in [0.3, 0.4) is 0 Å². The van der Waals surface area contributed by atoms with E-state index in [1.807, 2.05) is 6.92 Å². The molecule has 0 saturated heterocycles. The Balaban J connectivity index is 2.19. The topological polar surface area (TPSA) is 108 Å². The van der Waals surface area contributed by atoms with Crippen molar-refractivity contribution in [3.8, 4) is 0 Å². The highest BCUT2D eigenvalue weighted by Gasteiger charge is 2.41. The predicted octanol–water partition coefficient (Wildman–Crippen LogP) is 1.74. The molecule has 1 aliphatic carbocycles. The molecule has 1 aromatic rings. The summed E-state index contributed by atoms with van der Waals surface area (Å²) in [6, 6.07) is 2.54. The van der Waals surface area contributed by atoms with Crippen LogP contribution in [0.25, 0.3) is 0 Å². The highest BCUT2D eigenvalue weighted by molar-refractivity contribution is 5.99. The minimum Gasteiger partial charge on any atom is -0.478 e. The lowest BCUT2D eigenvalue weighted by Gasteiger charge is -2.36. The Kier molecular flexibility index (Phi) is 5.89. The van der Waals surface area contributed by atoms with Gasteiger partial charge in [0.15, 0.2) is 0 Å². The maximum atomic E-state index is 12.6.